The second-order valence-electron chi connectivity index (χ2n) is 7.25. The lowest BCUT2D eigenvalue weighted by Gasteiger charge is -2.25. The van der Waals surface area contributed by atoms with E-state index in [1.54, 1.807) is 43.3 Å². The molecule has 0 spiro atoms. The molecule has 8 heteroatoms. The van der Waals surface area contributed by atoms with Crippen LogP contribution < -0.4 is 9.80 Å². The number of aromatic nitrogens is 2. The molecule has 0 radical (unpaired) electrons. The Bertz CT molecular complexity index is 1000. The highest BCUT2D eigenvalue weighted by Gasteiger charge is 2.37. The molecule has 30 heavy (non-hydrogen) atoms. The van der Waals surface area contributed by atoms with Crippen molar-refractivity contribution in [2.24, 2.45) is 0 Å². The average Bonchev–Trinajstić information content (AvgIpc) is 2.72. The predicted octanol–water partition coefficient (Wildman–Crippen LogP) is 6.92. The van der Waals surface area contributed by atoms with Gasteiger partial charge in [-0.05, 0) is 47.9 Å². The van der Waals surface area contributed by atoms with Gasteiger partial charge in [-0.25, -0.2) is 4.98 Å². The molecule has 2 aromatic carbocycles. The normalized spacial score (nSPS) is 11.6. The zero-order chi connectivity index (χ0) is 22.1. The fraction of sp³-hybridized carbons (Fsp3) is 0.273. The van der Waals surface area contributed by atoms with Gasteiger partial charge in [0.15, 0.2) is 5.82 Å². The summed E-state index contributed by atoms with van der Waals surface area (Å²) < 4.78 is 41.7. The molecule has 0 amide bonds. The molecular weight excluding hydrogens is 457 g/mol. The topological polar surface area (TPSA) is 32.3 Å². The summed E-state index contributed by atoms with van der Waals surface area (Å²) in [6, 6.07) is 14.8. The van der Waals surface area contributed by atoms with E-state index in [1.807, 2.05) is 24.3 Å². The van der Waals surface area contributed by atoms with Gasteiger partial charge in [0.2, 0.25) is 5.95 Å². The SMILES string of the molecule is CC(C)c1ccc(N(C)c2ncc(C(F)(F)F)c(N(C)c3ccc(Br)cc3)n2)cc1. The molecular formula is C22H22BrF3N4. The van der Waals surface area contributed by atoms with Crippen LogP contribution in [0.4, 0.5) is 36.3 Å². The largest absolute Gasteiger partial charge is 0.421 e. The first-order valence-corrected chi connectivity index (χ1v) is 10.1. The van der Waals surface area contributed by atoms with Crippen LogP contribution in [0, 0.1) is 0 Å². The minimum absolute atomic E-state index is 0.180. The number of hydrogen-bond acceptors (Lipinski definition) is 4. The fourth-order valence-electron chi connectivity index (χ4n) is 2.97. The summed E-state index contributed by atoms with van der Waals surface area (Å²) in [5.41, 5.74) is 1.66. The minimum Gasteiger partial charge on any atom is -0.329 e. The smallest absolute Gasteiger partial charge is 0.329 e. The lowest BCUT2D eigenvalue weighted by molar-refractivity contribution is -0.137. The molecule has 0 atom stereocenters. The Balaban J connectivity index is 2.02. The number of alkyl halides is 3. The van der Waals surface area contributed by atoms with Crippen molar-refractivity contribution in [2.45, 2.75) is 25.9 Å². The number of rotatable bonds is 5. The molecule has 0 saturated carbocycles. The van der Waals surface area contributed by atoms with Gasteiger partial charge in [0.05, 0.1) is 0 Å². The molecule has 0 fully saturated rings. The third-order valence-corrected chi connectivity index (χ3v) is 5.37. The van der Waals surface area contributed by atoms with E-state index in [0.717, 1.165) is 16.4 Å². The second-order valence-corrected chi connectivity index (χ2v) is 8.16. The molecule has 3 aromatic rings. The average molecular weight is 479 g/mol. The van der Waals surface area contributed by atoms with Crippen LogP contribution >= 0.6 is 15.9 Å². The summed E-state index contributed by atoms with van der Waals surface area (Å²) in [7, 11) is 3.29. The van der Waals surface area contributed by atoms with Crippen LogP contribution in [0.1, 0.15) is 30.9 Å². The van der Waals surface area contributed by atoms with E-state index in [0.29, 0.717) is 11.6 Å². The lowest BCUT2D eigenvalue weighted by Crippen LogP contribution is -2.21. The van der Waals surface area contributed by atoms with Crippen LogP contribution in [-0.4, -0.2) is 24.1 Å². The van der Waals surface area contributed by atoms with Gasteiger partial charge in [-0.3, -0.25) is 0 Å². The highest BCUT2D eigenvalue weighted by atomic mass is 79.9. The molecule has 1 aromatic heterocycles. The molecule has 158 valence electrons. The van der Waals surface area contributed by atoms with Crippen molar-refractivity contribution in [3.63, 3.8) is 0 Å². The Morgan fingerprint density at radius 1 is 0.867 bits per heavy atom. The summed E-state index contributed by atoms with van der Waals surface area (Å²) in [5, 5.41) is 0. The maximum absolute atomic E-state index is 13.6. The van der Waals surface area contributed by atoms with Crippen molar-refractivity contribution in [1.29, 1.82) is 0 Å². The van der Waals surface area contributed by atoms with Crippen LogP contribution in [0.25, 0.3) is 0 Å². The standard InChI is InChI=1S/C22H22BrF3N4/c1-14(2)15-5-9-18(10-6-15)30(4)21-27-13-19(22(24,25)26)20(28-21)29(3)17-11-7-16(23)8-12-17/h5-14H,1-4H3. The molecule has 0 aliphatic rings. The summed E-state index contributed by atoms with van der Waals surface area (Å²) in [6.07, 6.45) is -3.74. The maximum Gasteiger partial charge on any atom is 0.421 e. The maximum atomic E-state index is 13.6. The van der Waals surface area contributed by atoms with E-state index in [4.69, 9.17) is 0 Å². The fourth-order valence-corrected chi connectivity index (χ4v) is 3.23. The number of hydrogen-bond donors (Lipinski definition) is 0. The first-order valence-electron chi connectivity index (χ1n) is 9.35. The van der Waals surface area contributed by atoms with Gasteiger partial charge in [0, 0.05) is 36.1 Å². The van der Waals surface area contributed by atoms with Gasteiger partial charge in [-0.1, -0.05) is 41.9 Å². The van der Waals surface area contributed by atoms with E-state index >= 15 is 0 Å². The Hall–Kier alpha value is -2.61. The molecule has 0 aliphatic heterocycles. The summed E-state index contributed by atoms with van der Waals surface area (Å²) in [6.45, 7) is 4.20. The number of halogens is 4. The van der Waals surface area contributed by atoms with Crippen molar-refractivity contribution in [2.75, 3.05) is 23.9 Å². The number of benzene rings is 2. The van der Waals surface area contributed by atoms with Crippen LogP contribution in [0.5, 0.6) is 0 Å². The van der Waals surface area contributed by atoms with Gasteiger partial charge >= 0.3 is 6.18 Å². The van der Waals surface area contributed by atoms with Gasteiger partial charge in [-0.15, -0.1) is 0 Å². The van der Waals surface area contributed by atoms with Crippen LogP contribution in [0.3, 0.4) is 0 Å². The monoisotopic (exact) mass is 478 g/mol. The molecule has 0 bridgehead atoms. The van der Waals surface area contributed by atoms with Crippen molar-refractivity contribution in [3.8, 4) is 0 Å². The zero-order valence-electron chi connectivity index (χ0n) is 17.1. The highest BCUT2D eigenvalue weighted by Crippen LogP contribution is 2.38. The van der Waals surface area contributed by atoms with Gasteiger partial charge in [0.25, 0.3) is 0 Å². The lowest BCUT2D eigenvalue weighted by atomic mass is 10.0. The van der Waals surface area contributed by atoms with Crippen LogP contribution in [0.2, 0.25) is 0 Å². The molecule has 0 saturated heterocycles. The summed E-state index contributed by atoms with van der Waals surface area (Å²) >= 11 is 3.34. The van der Waals surface area contributed by atoms with E-state index in [1.165, 1.54) is 10.5 Å². The third-order valence-electron chi connectivity index (χ3n) is 4.84. The van der Waals surface area contributed by atoms with Crippen molar-refractivity contribution in [1.82, 2.24) is 9.97 Å². The van der Waals surface area contributed by atoms with Crippen LogP contribution in [0.15, 0.2) is 59.2 Å². The highest BCUT2D eigenvalue weighted by molar-refractivity contribution is 9.10. The predicted molar refractivity (Wildman–Crippen MR) is 118 cm³/mol. The third kappa shape index (κ3) is 4.75. The Labute approximate surface area is 182 Å². The Kier molecular flexibility index (Phi) is 6.36. The van der Waals surface area contributed by atoms with Crippen molar-refractivity contribution in [3.05, 3.63) is 70.3 Å². The summed E-state index contributed by atoms with van der Waals surface area (Å²) in [4.78, 5) is 11.4. The molecule has 1 heterocycles. The minimum atomic E-state index is -4.57. The molecule has 3 rings (SSSR count). The molecule has 0 unspecified atom stereocenters. The van der Waals surface area contributed by atoms with Gasteiger partial charge < -0.3 is 9.80 Å². The summed E-state index contributed by atoms with van der Waals surface area (Å²) in [5.74, 6) is 0.359. The first kappa shape index (κ1) is 22.1. The van der Waals surface area contributed by atoms with Gasteiger partial charge in [0.1, 0.15) is 5.56 Å². The van der Waals surface area contributed by atoms with E-state index in [-0.39, 0.29) is 11.8 Å². The van der Waals surface area contributed by atoms with E-state index < -0.39 is 11.7 Å². The second kappa shape index (κ2) is 8.63. The quantitative estimate of drug-likeness (QED) is 0.398. The molecule has 0 N–H and O–H groups in total. The Morgan fingerprint density at radius 2 is 1.40 bits per heavy atom. The number of nitrogens with zero attached hydrogens (tertiary/aromatic N) is 4. The van der Waals surface area contributed by atoms with Crippen molar-refractivity contribution < 1.29 is 13.2 Å². The molecule has 0 aliphatic carbocycles. The number of anilines is 4. The zero-order valence-corrected chi connectivity index (χ0v) is 18.7. The van der Waals surface area contributed by atoms with Crippen molar-refractivity contribution >= 4 is 39.1 Å². The molecule has 4 nitrogen and oxygen atoms in total. The van der Waals surface area contributed by atoms with Gasteiger partial charge in [-0.2, -0.15) is 18.2 Å². The van der Waals surface area contributed by atoms with E-state index in [2.05, 4.69) is 39.7 Å². The van der Waals surface area contributed by atoms with Crippen LogP contribution in [-0.2, 0) is 6.18 Å². The van der Waals surface area contributed by atoms with E-state index in [9.17, 15) is 13.2 Å². The first-order chi connectivity index (χ1) is 14.1. The Morgan fingerprint density at radius 3 is 1.93 bits per heavy atom.